The quantitative estimate of drug-likeness (QED) is 0.222. The summed E-state index contributed by atoms with van der Waals surface area (Å²) in [6.07, 6.45) is -0.601. The monoisotopic (exact) mass is 506 g/mol. The molecule has 1 aromatic carbocycles. The van der Waals surface area contributed by atoms with Gasteiger partial charge in [-0.05, 0) is 46.6 Å². The van der Waals surface area contributed by atoms with Gasteiger partial charge in [-0.25, -0.2) is 9.78 Å². The van der Waals surface area contributed by atoms with Gasteiger partial charge < -0.3 is 31.6 Å². The zero-order valence-corrected chi connectivity index (χ0v) is 18.0. The number of nitrogens with two attached hydrogens (primary N) is 1. The molecule has 0 spiro atoms. The second-order valence-electron chi connectivity index (χ2n) is 6.82. The number of nitrogens with one attached hydrogen (secondary N) is 4. The summed E-state index contributed by atoms with van der Waals surface area (Å²) in [6.45, 7) is 0.304. The summed E-state index contributed by atoms with van der Waals surface area (Å²) in [4.78, 5) is 55.6. The summed E-state index contributed by atoms with van der Waals surface area (Å²) in [6, 6.07) is 4.95. The van der Waals surface area contributed by atoms with Crippen LogP contribution in [0, 0.1) is 0 Å². The highest BCUT2D eigenvalue weighted by atomic mass is 79.9. The lowest BCUT2D eigenvalue weighted by Crippen LogP contribution is -2.41. The Balaban J connectivity index is 1.65. The number of carboxylic acids is 2. The molecule has 32 heavy (non-hydrogen) atoms. The van der Waals surface area contributed by atoms with Crippen molar-refractivity contribution in [2.45, 2.75) is 25.4 Å². The van der Waals surface area contributed by atoms with Crippen LogP contribution in [-0.2, 0) is 16.1 Å². The van der Waals surface area contributed by atoms with E-state index >= 15 is 0 Å². The van der Waals surface area contributed by atoms with Gasteiger partial charge in [0.15, 0.2) is 0 Å². The van der Waals surface area contributed by atoms with Crippen molar-refractivity contribution < 1.29 is 24.6 Å². The van der Waals surface area contributed by atoms with E-state index in [9.17, 15) is 19.2 Å². The van der Waals surface area contributed by atoms with E-state index in [1.165, 1.54) is 12.1 Å². The lowest BCUT2D eigenvalue weighted by atomic mass is 10.1. The van der Waals surface area contributed by atoms with Gasteiger partial charge in [0, 0.05) is 17.7 Å². The topological polar surface area (TPSA) is 203 Å². The number of carbonyl (C=O) groups excluding carboxylic acids is 1. The highest BCUT2D eigenvalue weighted by molar-refractivity contribution is 9.10. The lowest BCUT2D eigenvalue weighted by molar-refractivity contribution is -0.140. The van der Waals surface area contributed by atoms with Crippen LogP contribution in [0.3, 0.4) is 0 Å². The van der Waals surface area contributed by atoms with Crippen LogP contribution in [-0.4, -0.2) is 49.1 Å². The van der Waals surface area contributed by atoms with E-state index in [2.05, 4.69) is 41.5 Å². The third kappa shape index (κ3) is 5.24. The molecule has 168 valence electrons. The average molecular weight is 507 g/mol. The molecule has 0 aliphatic carbocycles. The largest absolute Gasteiger partial charge is 0.481 e. The summed E-state index contributed by atoms with van der Waals surface area (Å²) in [7, 11) is 0. The number of hydrogen-bond donors (Lipinski definition) is 7. The molecule has 0 saturated heterocycles. The summed E-state index contributed by atoms with van der Waals surface area (Å²) in [5.41, 5.74) is 7.41. The number of hydrogen-bond acceptors (Lipinski definition) is 7. The minimum absolute atomic E-state index is 0.00340. The van der Waals surface area contributed by atoms with Gasteiger partial charge in [-0.3, -0.25) is 19.4 Å². The number of halogens is 1. The molecule has 0 aliphatic rings. The van der Waals surface area contributed by atoms with Crippen LogP contribution in [0.15, 0.2) is 33.5 Å². The Hall–Kier alpha value is -3.87. The zero-order valence-electron chi connectivity index (χ0n) is 16.4. The fraction of sp³-hybridized carbons (Fsp3) is 0.211. The molecule has 2 aromatic heterocycles. The fourth-order valence-corrected chi connectivity index (χ4v) is 3.46. The molecule has 1 amide bonds. The number of aromatic nitrogens is 3. The van der Waals surface area contributed by atoms with Crippen LogP contribution in [0.5, 0.6) is 0 Å². The molecule has 0 aliphatic heterocycles. The molecule has 0 fully saturated rings. The first kappa shape index (κ1) is 22.8. The number of benzene rings is 1. The van der Waals surface area contributed by atoms with Crippen LogP contribution in [0.4, 0.5) is 11.6 Å². The molecular weight excluding hydrogens is 488 g/mol. The van der Waals surface area contributed by atoms with Crippen molar-refractivity contribution in [2.75, 3.05) is 11.1 Å². The van der Waals surface area contributed by atoms with Gasteiger partial charge in [0.2, 0.25) is 5.95 Å². The molecular formula is C19H19BrN6O6. The van der Waals surface area contributed by atoms with Crippen LogP contribution < -0.4 is 21.9 Å². The summed E-state index contributed by atoms with van der Waals surface area (Å²) in [5, 5.41) is 23.3. The zero-order chi connectivity index (χ0) is 23.4. The Bertz CT molecular complexity index is 1240. The number of nitrogen functional groups attached to an aromatic ring is 1. The molecule has 8 N–H and O–H groups in total. The summed E-state index contributed by atoms with van der Waals surface area (Å²) < 4.78 is 0.592. The summed E-state index contributed by atoms with van der Waals surface area (Å²) >= 11 is 3.40. The van der Waals surface area contributed by atoms with Gasteiger partial charge in [-0.15, -0.1) is 0 Å². The van der Waals surface area contributed by atoms with Crippen LogP contribution >= 0.6 is 15.9 Å². The molecule has 0 unspecified atom stereocenters. The van der Waals surface area contributed by atoms with Gasteiger partial charge in [-0.2, -0.15) is 0 Å². The number of aliphatic carboxylic acids is 2. The van der Waals surface area contributed by atoms with Gasteiger partial charge in [0.25, 0.3) is 11.5 Å². The Morgan fingerprint density at radius 3 is 2.47 bits per heavy atom. The van der Waals surface area contributed by atoms with Crippen molar-refractivity contribution in [1.82, 2.24) is 20.3 Å². The van der Waals surface area contributed by atoms with Gasteiger partial charge in [0.05, 0.1) is 16.7 Å². The minimum atomic E-state index is -1.31. The van der Waals surface area contributed by atoms with E-state index in [1.54, 1.807) is 12.1 Å². The maximum Gasteiger partial charge on any atom is 0.326 e. The van der Waals surface area contributed by atoms with E-state index < -0.39 is 29.4 Å². The van der Waals surface area contributed by atoms with Crippen molar-refractivity contribution in [3.8, 4) is 0 Å². The van der Waals surface area contributed by atoms with Gasteiger partial charge in [-0.1, -0.05) is 0 Å². The first-order valence-electron chi connectivity index (χ1n) is 9.31. The average Bonchev–Trinajstić information content (AvgIpc) is 3.05. The normalized spacial score (nSPS) is 11.8. The number of amides is 1. The van der Waals surface area contributed by atoms with Crippen molar-refractivity contribution in [3.05, 3.63) is 50.3 Å². The molecule has 0 saturated carbocycles. The fourth-order valence-electron chi connectivity index (χ4n) is 2.93. The van der Waals surface area contributed by atoms with Crippen molar-refractivity contribution in [1.29, 1.82) is 0 Å². The van der Waals surface area contributed by atoms with Crippen molar-refractivity contribution >= 4 is 56.4 Å². The Morgan fingerprint density at radius 1 is 1.16 bits per heavy atom. The smallest absolute Gasteiger partial charge is 0.326 e. The van der Waals surface area contributed by atoms with Crippen LogP contribution in [0.1, 0.15) is 28.9 Å². The highest BCUT2D eigenvalue weighted by Gasteiger charge is 2.21. The minimum Gasteiger partial charge on any atom is -0.481 e. The predicted molar refractivity (Wildman–Crippen MR) is 118 cm³/mol. The summed E-state index contributed by atoms with van der Waals surface area (Å²) in [5.74, 6) is -3.08. The SMILES string of the molecule is Nc1nc2c(Br)c(CNc3ccc(C(=O)N[C@@H](CCC(=O)O)C(=O)O)cc3)[nH]c2c(=O)[nH]1. The molecule has 1 atom stereocenters. The molecule has 2 heterocycles. The van der Waals surface area contributed by atoms with E-state index in [4.69, 9.17) is 15.9 Å². The first-order valence-corrected chi connectivity index (χ1v) is 10.1. The Morgan fingerprint density at radius 2 is 1.84 bits per heavy atom. The number of nitrogens with zero attached hydrogens (tertiary/aromatic N) is 1. The molecule has 3 rings (SSSR count). The third-order valence-electron chi connectivity index (χ3n) is 4.55. The van der Waals surface area contributed by atoms with E-state index in [0.29, 0.717) is 27.9 Å². The highest BCUT2D eigenvalue weighted by Crippen LogP contribution is 2.25. The number of carbonyl (C=O) groups is 3. The van der Waals surface area contributed by atoms with Crippen LogP contribution in [0.2, 0.25) is 0 Å². The molecule has 0 bridgehead atoms. The molecule has 12 nitrogen and oxygen atoms in total. The van der Waals surface area contributed by atoms with E-state index in [0.717, 1.165) is 0 Å². The van der Waals surface area contributed by atoms with Crippen LogP contribution in [0.25, 0.3) is 11.0 Å². The standard InChI is InChI=1S/C19H19BrN6O6/c20-13-11(23-15-14(13)25-19(21)26-17(15)30)7-22-9-3-1-8(2-4-9)16(29)24-10(18(31)32)5-6-12(27)28/h1-4,10,22-23H,5-7H2,(H,24,29)(H,27,28)(H,31,32)(H3,21,25,26,30)/t10-/m0/s1. The Labute approximate surface area is 188 Å². The number of H-pyrrole nitrogens is 2. The van der Waals surface area contributed by atoms with Crippen molar-refractivity contribution in [3.63, 3.8) is 0 Å². The number of fused-ring (bicyclic) bond motifs is 1. The number of aromatic amines is 2. The van der Waals surface area contributed by atoms with Crippen molar-refractivity contribution in [2.24, 2.45) is 0 Å². The van der Waals surface area contributed by atoms with E-state index in [-0.39, 0.29) is 29.9 Å². The van der Waals surface area contributed by atoms with Gasteiger partial charge in [0.1, 0.15) is 17.1 Å². The number of carboxylic acid groups (broad SMARTS) is 2. The predicted octanol–water partition coefficient (Wildman–Crippen LogP) is 1.26. The second kappa shape index (κ2) is 9.51. The molecule has 3 aromatic rings. The maximum atomic E-state index is 12.3. The third-order valence-corrected chi connectivity index (χ3v) is 5.41. The molecule has 13 heteroatoms. The second-order valence-corrected chi connectivity index (χ2v) is 7.61. The lowest BCUT2D eigenvalue weighted by Gasteiger charge is -2.14. The van der Waals surface area contributed by atoms with E-state index in [1.807, 2.05) is 0 Å². The van der Waals surface area contributed by atoms with Gasteiger partial charge >= 0.3 is 11.9 Å². The number of anilines is 2. The molecule has 0 radical (unpaired) electrons. The maximum absolute atomic E-state index is 12.3. The Kier molecular flexibility index (Phi) is 6.78. The number of rotatable bonds is 9. The first-order chi connectivity index (χ1) is 15.2.